The van der Waals surface area contributed by atoms with Crippen molar-refractivity contribution < 1.29 is 40.8 Å². The number of aromatic carboxylic acids is 1. The molecule has 0 spiro atoms. The normalized spacial score (nSPS) is 12.3. The highest BCUT2D eigenvalue weighted by Gasteiger charge is 2.48. The van der Waals surface area contributed by atoms with Crippen molar-refractivity contribution >= 4 is 26.9 Å². The Morgan fingerprint density at radius 3 is 2.36 bits per heavy atom. The Morgan fingerprint density at radius 2 is 1.82 bits per heavy atom. The molecule has 0 saturated heterocycles. The summed E-state index contributed by atoms with van der Waals surface area (Å²) in [6, 6.07) is 5.27. The lowest BCUT2D eigenvalue weighted by Gasteiger charge is -2.12. The van der Waals surface area contributed by atoms with Crippen molar-refractivity contribution in [2.45, 2.75) is 5.51 Å². The quantitative estimate of drug-likeness (QED) is 0.660. The lowest BCUT2D eigenvalue weighted by Crippen LogP contribution is -2.28. The Hall–Kier alpha value is -2.49. The van der Waals surface area contributed by atoms with Gasteiger partial charge in [0.2, 0.25) is 0 Å². The first-order valence-corrected chi connectivity index (χ1v) is 6.93. The molecule has 0 radical (unpaired) electrons. The molecule has 2 aromatic rings. The maximum Gasteiger partial charge on any atom is 0.534 e. The van der Waals surface area contributed by atoms with Gasteiger partial charge in [0.05, 0.1) is 0 Å². The van der Waals surface area contributed by atoms with Gasteiger partial charge in [0.1, 0.15) is 11.3 Å². The van der Waals surface area contributed by atoms with Gasteiger partial charge < -0.3 is 14.4 Å². The summed E-state index contributed by atoms with van der Waals surface area (Å²) >= 11 is 0. The summed E-state index contributed by atoms with van der Waals surface area (Å²) in [7, 11) is -5.88. The minimum atomic E-state index is -5.88. The molecule has 2 rings (SSSR count). The SMILES string of the molecule is O=C(O)c1cc2cccc(OS(=O)(=O)C(F)(F)F)c2cc1O. The Bertz CT molecular complexity index is 857. The molecule has 0 aromatic heterocycles. The van der Waals surface area contributed by atoms with Crippen molar-refractivity contribution in [2.75, 3.05) is 0 Å². The van der Waals surface area contributed by atoms with Gasteiger partial charge in [-0.25, -0.2) is 4.79 Å². The lowest BCUT2D eigenvalue weighted by molar-refractivity contribution is -0.0499. The standard InChI is InChI=1S/C12H7F3O6S/c13-12(14,15)22(19,20)21-10-3-1-2-6-4-8(11(17)18)9(16)5-7(6)10/h1-5,16H,(H,17,18). The van der Waals surface area contributed by atoms with Gasteiger partial charge in [0, 0.05) is 5.39 Å². The molecule has 22 heavy (non-hydrogen) atoms. The van der Waals surface area contributed by atoms with Crippen molar-refractivity contribution in [3.05, 3.63) is 35.9 Å². The maximum atomic E-state index is 12.3. The predicted octanol–water partition coefficient (Wildman–Crippen LogP) is 2.47. The fourth-order valence-electron chi connectivity index (χ4n) is 1.69. The Morgan fingerprint density at radius 1 is 1.18 bits per heavy atom. The highest BCUT2D eigenvalue weighted by Crippen LogP contribution is 2.34. The second kappa shape index (κ2) is 5.05. The van der Waals surface area contributed by atoms with Crippen molar-refractivity contribution in [1.82, 2.24) is 0 Å². The van der Waals surface area contributed by atoms with Gasteiger partial charge in [0.15, 0.2) is 5.75 Å². The zero-order valence-electron chi connectivity index (χ0n) is 10.5. The molecule has 0 aliphatic rings. The number of fused-ring (bicyclic) bond motifs is 1. The van der Waals surface area contributed by atoms with Crippen molar-refractivity contribution in [1.29, 1.82) is 0 Å². The molecule has 0 bridgehead atoms. The lowest BCUT2D eigenvalue weighted by atomic mass is 10.1. The molecular formula is C12H7F3O6S. The van der Waals surface area contributed by atoms with Crippen LogP contribution >= 0.6 is 0 Å². The molecule has 0 amide bonds. The number of alkyl halides is 3. The van der Waals surface area contributed by atoms with Crippen LogP contribution in [0.15, 0.2) is 30.3 Å². The number of carboxylic acids is 1. The third-order valence-corrected chi connectivity index (χ3v) is 3.64. The number of benzene rings is 2. The van der Waals surface area contributed by atoms with Gasteiger partial charge in [0.25, 0.3) is 0 Å². The monoisotopic (exact) mass is 336 g/mol. The van der Waals surface area contributed by atoms with Crippen LogP contribution in [0.25, 0.3) is 10.8 Å². The van der Waals surface area contributed by atoms with Crippen LogP contribution in [-0.2, 0) is 10.1 Å². The average molecular weight is 336 g/mol. The fourth-order valence-corrected chi connectivity index (χ4v) is 2.17. The molecular weight excluding hydrogens is 329 g/mol. The van der Waals surface area contributed by atoms with Gasteiger partial charge in [-0.05, 0) is 23.6 Å². The Labute approximate surface area is 121 Å². The van der Waals surface area contributed by atoms with E-state index in [4.69, 9.17) is 5.11 Å². The van der Waals surface area contributed by atoms with E-state index in [0.717, 1.165) is 18.2 Å². The number of rotatable bonds is 3. The highest BCUT2D eigenvalue weighted by molar-refractivity contribution is 7.88. The fraction of sp³-hybridized carbons (Fsp3) is 0.0833. The topological polar surface area (TPSA) is 101 Å². The van der Waals surface area contributed by atoms with Crippen LogP contribution in [0.5, 0.6) is 11.5 Å². The van der Waals surface area contributed by atoms with Gasteiger partial charge in [-0.2, -0.15) is 21.6 Å². The van der Waals surface area contributed by atoms with E-state index in [1.807, 2.05) is 0 Å². The number of halogens is 3. The minimum Gasteiger partial charge on any atom is -0.507 e. The zero-order valence-corrected chi connectivity index (χ0v) is 11.3. The van der Waals surface area contributed by atoms with Crippen LogP contribution in [0.1, 0.15) is 10.4 Å². The molecule has 2 N–H and O–H groups in total. The van der Waals surface area contributed by atoms with E-state index < -0.39 is 38.7 Å². The van der Waals surface area contributed by atoms with Crippen LogP contribution in [0.3, 0.4) is 0 Å². The number of carboxylic acid groups (broad SMARTS) is 1. The average Bonchev–Trinajstić information content (AvgIpc) is 2.37. The van der Waals surface area contributed by atoms with E-state index >= 15 is 0 Å². The summed E-state index contributed by atoms with van der Waals surface area (Å²) < 4.78 is 63.1. The number of phenols is 1. The summed E-state index contributed by atoms with van der Waals surface area (Å²) in [6.45, 7) is 0. The van der Waals surface area contributed by atoms with Gasteiger partial charge >= 0.3 is 21.6 Å². The first-order valence-electron chi connectivity index (χ1n) is 5.53. The van der Waals surface area contributed by atoms with E-state index in [0.29, 0.717) is 0 Å². The molecule has 0 heterocycles. The minimum absolute atomic E-state index is 0.0880. The van der Waals surface area contributed by atoms with E-state index in [9.17, 15) is 31.5 Å². The predicted molar refractivity (Wildman–Crippen MR) is 68.2 cm³/mol. The largest absolute Gasteiger partial charge is 0.534 e. The molecule has 0 saturated carbocycles. The first kappa shape index (κ1) is 15.9. The summed E-state index contributed by atoms with van der Waals surface area (Å²) in [5, 5.41) is 18.3. The molecule has 6 nitrogen and oxygen atoms in total. The first-order chi connectivity index (χ1) is 10.0. The molecule has 0 unspecified atom stereocenters. The van der Waals surface area contributed by atoms with E-state index in [1.54, 1.807) is 0 Å². The summed E-state index contributed by atoms with van der Waals surface area (Å²) in [6.07, 6.45) is 0. The third kappa shape index (κ3) is 2.77. The molecule has 0 aliphatic carbocycles. The highest BCUT2D eigenvalue weighted by atomic mass is 32.2. The molecule has 118 valence electrons. The number of hydrogen-bond donors (Lipinski definition) is 2. The van der Waals surface area contributed by atoms with Gasteiger partial charge in [-0.15, -0.1) is 0 Å². The third-order valence-electron chi connectivity index (χ3n) is 2.67. The molecule has 0 atom stereocenters. The van der Waals surface area contributed by atoms with Crippen LogP contribution < -0.4 is 4.18 Å². The van der Waals surface area contributed by atoms with Crippen LogP contribution in [0, 0.1) is 0 Å². The van der Waals surface area contributed by atoms with Crippen molar-refractivity contribution in [3.8, 4) is 11.5 Å². The molecule has 0 fully saturated rings. The van der Waals surface area contributed by atoms with Crippen LogP contribution in [0.4, 0.5) is 13.2 Å². The molecule has 2 aromatic carbocycles. The van der Waals surface area contributed by atoms with Crippen molar-refractivity contribution in [2.24, 2.45) is 0 Å². The second-order valence-corrected chi connectivity index (χ2v) is 5.67. The number of hydrogen-bond acceptors (Lipinski definition) is 5. The zero-order chi connectivity index (χ0) is 16.7. The van der Waals surface area contributed by atoms with E-state index in [1.165, 1.54) is 12.1 Å². The van der Waals surface area contributed by atoms with Crippen LogP contribution in [-0.4, -0.2) is 30.1 Å². The Kier molecular flexibility index (Phi) is 3.65. The van der Waals surface area contributed by atoms with E-state index in [-0.39, 0.29) is 10.8 Å². The Balaban J connectivity index is 2.62. The van der Waals surface area contributed by atoms with Gasteiger partial charge in [-0.3, -0.25) is 0 Å². The van der Waals surface area contributed by atoms with Crippen LogP contribution in [0.2, 0.25) is 0 Å². The summed E-state index contributed by atoms with van der Waals surface area (Å²) in [5.74, 6) is -2.86. The number of aromatic hydroxyl groups is 1. The smallest absolute Gasteiger partial charge is 0.507 e. The number of carbonyl (C=O) groups is 1. The molecule has 0 aliphatic heterocycles. The maximum absolute atomic E-state index is 12.3. The van der Waals surface area contributed by atoms with E-state index in [2.05, 4.69) is 4.18 Å². The molecule has 10 heteroatoms. The summed E-state index contributed by atoms with van der Waals surface area (Å²) in [5.41, 5.74) is -6.10. The summed E-state index contributed by atoms with van der Waals surface area (Å²) in [4.78, 5) is 10.9. The second-order valence-electron chi connectivity index (χ2n) is 4.13. The van der Waals surface area contributed by atoms with Crippen molar-refractivity contribution in [3.63, 3.8) is 0 Å². The van der Waals surface area contributed by atoms with Gasteiger partial charge in [-0.1, -0.05) is 12.1 Å².